The highest BCUT2D eigenvalue weighted by molar-refractivity contribution is 9.10. The van der Waals surface area contributed by atoms with Crippen molar-refractivity contribution < 1.29 is 19.1 Å². The Kier molecular flexibility index (Phi) is 8.01. The lowest BCUT2D eigenvalue weighted by molar-refractivity contribution is -0.126. The van der Waals surface area contributed by atoms with Gasteiger partial charge in [0.25, 0.3) is 0 Å². The van der Waals surface area contributed by atoms with Gasteiger partial charge in [0.2, 0.25) is 11.8 Å². The Hall–Kier alpha value is -2.87. The van der Waals surface area contributed by atoms with Crippen LogP contribution in [0.2, 0.25) is 0 Å². The molecule has 2 aromatic carbocycles. The highest BCUT2D eigenvalue weighted by atomic mass is 79.9. The van der Waals surface area contributed by atoms with Crippen molar-refractivity contribution in [1.82, 2.24) is 5.43 Å². The number of nitrogens with one attached hydrogen (secondary N) is 2. The molecule has 2 amide bonds. The second-order valence-corrected chi connectivity index (χ2v) is 6.71. The number of aryl methyl sites for hydroxylation is 1. The van der Waals surface area contributed by atoms with Crippen LogP contribution in [0.1, 0.15) is 24.5 Å². The van der Waals surface area contributed by atoms with Gasteiger partial charge in [-0.3, -0.25) is 9.59 Å². The fraction of sp³-hybridized carbons (Fsp3) is 0.250. The number of methoxy groups -OCH3 is 1. The number of anilines is 1. The minimum Gasteiger partial charge on any atom is -0.492 e. The van der Waals surface area contributed by atoms with Crippen molar-refractivity contribution in [1.29, 1.82) is 0 Å². The molecule has 0 aliphatic heterocycles. The highest BCUT2D eigenvalue weighted by Gasteiger charge is 2.11. The zero-order valence-corrected chi connectivity index (χ0v) is 17.5. The second-order valence-electron chi connectivity index (χ2n) is 5.85. The second kappa shape index (κ2) is 10.5. The van der Waals surface area contributed by atoms with Gasteiger partial charge in [-0.15, -0.1) is 0 Å². The quantitative estimate of drug-likeness (QED) is 0.367. The Balaban J connectivity index is 1.92. The Labute approximate surface area is 172 Å². The number of carbonyl (C=O) groups is 2. The van der Waals surface area contributed by atoms with E-state index in [1.54, 1.807) is 31.4 Å². The summed E-state index contributed by atoms with van der Waals surface area (Å²) in [6.07, 6.45) is 1.13. The molecule has 0 fully saturated rings. The summed E-state index contributed by atoms with van der Waals surface area (Å²) in [5.41, 5.74) is 4.76. The first-order chi connectivity index (χ1) is 13.4. The van der Waals surface area contributed by atoms with Gasteiger partial charge in [0.1, 0.15) is 6.42 Å². The van der Waals surface area contributed by atoms with Gasteiger partial charge in [-0.2, -0.15) is 5.10 Å². The van der Waals surface area contributed by atoms with Crippen LogP contribution in [-0.4, -0.2) is 31.7 Å². The first kappa shape index (κ1) is 21.4. The van der Waals surface area contributed by atoms with E-state index in [4.69, 9.17) is 9.47 Å². The number of halogens is 1. The fourth-order valence-electron chi connectivity index (χ4n) is 2.33. The molecule has 148 valence electrons. The molecule has 0 bridgehead atoms. The molecule has 2 N–H and O–H groups in total. The number of hydrogen-bond donors (Lipinski definition) is 2. The lowest BCUT2D eigenvalue weighted by Gasteiger charge is -2.11. The Morgan fingerprint density at radius 2 is 1.89 bits per heavy atom. The van der Waals surface area contributed by atoms with E-state index >= 15 is 0 Å². The van der Waals surface area contributed by atoms with Crippen molar-refractivity contribution in [3.8, 4) is 11.5 Å². The van der Waals surface area contributed by atoms with Crippen LogP contribution in [0.3, 0.4) is 0 Å². The maximum Gasteiger partial charge on any atom is 0.249 e. The number of carbonyl (C=O) groups excluding carboxylic acids is 2. The maximum absolute atomic E-state index is 11.9. The van der Waals surface area contributed by atoms with Crippen molar-refractivity contribution in [3.05, 3.63) is 52.0 Å². The maximum atomic E-state index is 11.9. The molecular formula is C20H22BrN3O4. The molecule has 0 radical (unpaired) electrons. The largest absolute Gasteiger partial charge is 0.492 e. The molecule has 0 saturated carbocycles. The zero-order chi connectivity index (χ0) is 20.5. The monoisotopic (exact) mass is 447 g/mol. The highest BCUT2D eigenvalue weighted by Crippen LogP contribution is 2.36. The Bertz CT molecular complexity index is 866. The smallest absolute Gasteiger partial charge is 0.249 e. The van der Waals surface area contributed by atoms with Crippen LogP contribution in [0.4, 0.5) is 5.69 Å². The first-order valence-corrected chi connectivity index (χ1v) is 9.41. The first-order valence-electron chi connectivity index (χ1n) is 8.61. The molecule has 8 heteroatoms. The molecule has 0 unspecified atom stereocenters. The summed E-state index contributed by atoms with van der Waals surface area (Å²) in [5.74, 6) is 0.210. The molecule has 0 saturated heterocycles. The van der Waals surface area contributed by atoms with Gasteiger partial charge in [-0.05, 0) is 59.6 Å². The van der Waals surface area contributed by atoms with Crippen LogP contribution >= 0.6 is 15.9 Å². The minimum atomic E-state index is -0.515. The number of hydrazone groups is 1. The van der Waals surface area contributed by atoms with Crippen LogP contribution in [0.15, 0.2) is 46.0 Å². The third kappa shape index (κ3) is 6.38. The molecular weight excluding hydrogens is 426 g/mol. The molecule has 0 atom stereocenters. The van der Waals surface area contributed by atoms with E-state index in [1.165, 1.54) is 6.21 Å². The lowest BCUT2D eigenvalue weighted by atomic mass is 10.2. The SMILES string of the molecule is CCOc1cc(C=NNC(=O)CC(=O)Nc2ccc(C)cc2)cc(Br)c1OC. The molecule has 2 rings (SSSR count). The summed E-state index contributed by atoms with van der Waals surface area (Å²) in [5, 5.41) is 6.55. The fourth-order valence-corrected chi connectivity index (χ4v) is 2.95. The molecule has 2 aromatic rings. The van der Waals surface area contributed by atoms with E-state index in [1.807, 2.05) is 26.0 Å². The van der Waals surface area contributed by atoms with Gasteiger partial charge in [0.05, 0.1) is 24.4 Å². The average molecular weight is 448 g/mol. The van der Waals surface area contributed by atoms with Gasteiger partial charge in [-0.1, -0.05) is 17.7 Å². The summed E-state index contributed by atoms with van der Waals surface area (Å²) in [6, 6.07) is 10.8. The third-order valence-corrected chi connectivity index (χ3v) is 4.18. The van der Waals surface area contributed by atoms with Gasteiger partial charge >= 0.3 is 0 Å². The van der Waals surface area contributed by atoms with E-state index in [0.717, 1.165) is 5.56 Å². The minimum absolute atomic E-state index is 0.332. The molecule has 0 aliphatic carbocycles. The van der Waals surface area contributed by atoms with Crippen LogP contribution in [0, 0.1) is 6.92 Å². The van der Waals surface area contributed by atoms with Crippen molar-refractivity contribution in [2.75, 3.05) is 19.0 Å². The number of hydrogen-bond acceptors (Lipinski definition) is 5. The van der Waals surface area contributed by atoms with E-state index < -0.39 is 11.8 Å². The van der Waals surface area contributed by atoms with Crippen LogP contribution in [0.5, 0.6) is 11.5 Å². The normalized spacial score (nSPS) is 10.6. The summed E-state index contributed by atoms with van der Waals surface area (Å²) in [6.45, 7) is 4.31. The van der Waals surface area contributed by atoms with E-state index in [2.05, 4.69) is 31.8 Å². The molecule has 7 nitrogen and oxygen atoms in total. The lowest BCUT2D eigenvalue weighted by Crippen LogP contribution is -2.24. The van der Waals surface area contributed by atoms with Crippen LogP contribution in [-0.2, 0) is 9.59 Å². The Morgan fingerprint density at radius 3 is 2.54 bits per heavy atom. The zero-order valence-electron chi connectivity index (χ0n) is 15.9. The molecule has 28 heavy (non-hydrogen) atoms. The molecule has 0 aromatic heterocycles. The summed E-state index contributed by atoms with van der Waals surface area (Å²) < 4.78 is 11.5. The van der Waals surface area contributed by atoms with Gasteiger partial charge in [0, 0.05) is 5.69 Å². The number of rotatable bonds is 8. The molecule has 0 aliphatic rings. The predicted octanol–water partition coefficient (Wildman–Crippen LogP) is 3.64. The number of ether oxygens (including phenoxy) is 2. The number of benzene rings is 2. The van der Waals surface area contributed by atoms with E-state index in [0.29, 0.717) is 33.8 Å². The van der Waals surface area contributed by atoms with Crippen molar-refractivity contribution in [2.24, 2.45) is 5.10 Å². The molecule has 0 spiro atoms. The predicted molar refractivity (Wildman–Crippen MR) is 112 cm³/mol. The van der Waals surface area contributed by atoms with Gasteiger partial charge in [-0.25, -0.2) is 5.43 Å². The Morgan fingerprint density at radius 1 is 1.18 bits per heavy atom. The third-order valence-electron chi connectivity index (χ3n) is 3.60. The topological polar surface area (TPSA) is 89.0 Å². The van der Waals surface area contributed by atoms with E-state index in [-0.39, 0.29) is 6.42 Å². The summed E-state index contributed by atoms with van der Waals surface area (Å²) >= 11 is 3.41. The van der Waals surface area contributed by atoms with Crippen molar-refractivity contribution in [2.45, 2.75) is 20.3 Å². The molecule has 0 heterocycles. The van der Waals surface area contributed by atoms with Crippen molar-refractivity contribution >= 4 is 39.6 Å². The summed E-state index contributed by atoms with van der Waals surface area (Å²) in [7, 11) is 1.55. The van der Waals surface area contributed by atoms with Crippen LogP contribution < -0.4 is 20.2 Å². The average Bonchev–Trinajstić information content (AvgIpc) is 2.64. The standard InChI is InChI=1S/C20H22BrN3O4/c1-4-28-17-10-14(9-16(21)20(17)27-3)12-22-24-19(26)11-18(25)23-15-7-5-13(2)6-8-15/h5-10,12H,4,11H2,1-3H3,(H,23,25)(H,24,26). The van der Waals surface area contributed by atoms with Gasteiger partial charge < -0.3 is 14.8 Å². The number of nitrogens with zero attached hydrogens (tertiary/aromatic N) is 1. The van der Waals surface area contributed by atoms with Crippen LogP contribution in [0.25, 0.3) is 0 Å². The van der Waals surface area contributed by atoms with Gasteiger partial charge in [0.15, 0.2) is 11.5 Å². The summed E-state index contributed by atoms with van der Waals surface area (Å²) in [4.78, 5) is 23.8. The number of amides is 2. The van der Waals surface area contributed by atoms with E-state index in [9.17, 15) is 9.59 Å². The van der Waals surface area contributed by atoms with Crippen molar-refractivity contribution in [3.63, 3.8) is 0 Å².